The second kappa shape index (κ2) is 10.5. The number of nitrogens with one attached hydrogen (secondary N) is 2. The number of H-pyrrole nitrogens is 1. The van der Waals surface area contributed by atoms with Crippen LogP contribution in [0.25, 0.3) is 22.4 Å². The van der Waals surface area contributed by atoms with E-state index in [0.29, 0.717) is 12.2 Å². The van der Waals surface area contributed by atoms with Gasteiger partial charge in [0.05, 0.1) is 0 Å². The summed E-state index contributed by atoms with van der Waals surface area (Å²) in [5, 5.41) is 2.92. The fraction of sp³-hybridized carbons (Fsp3) is 0.200. The molecule has 3 aromatic carbocycles. The van der Waals surface area contributed by atoms with Gasteiger partial charge >= 0.3 is 0 Å². The molecule has 1 aliphatic rings. The van der Waals surface area contributed by atoms with Crippen LogP contribution in [0.3, 0.4) is 0 Å². The highest BCUT2D eigenvalue weighted by molar-refractivity contribution is 5.94. The molecule has 5 nitrogen and oxygen atoms in total. The van der Waals surface area contributed by atoms with Gasteiger partial charge in [-0.3, -0.25) is 14.5 Å². The van der Waals surface area contributed by atoms with Gasteiger partial charge < -0.3 is 10.3 Å². The zero-order valence-electron chi connectivity index (χ0n) is 19.7. The Hall–Kier alpha value is -3.96. The van der Waals surface area contributed by atoms with Crippen molar-refractivity contribution in [2.75, 3.05) is 13.1 Å². The molecular weight excluding hydrogens is 434 g/mol. The van der Waals surface area contributed by atoms with Gasteiger partial charge in [-0.15, -0.1) is 0 Å². The highest BCUT2D eigenvalue weighted by atomic mass is 16.2. The Bertz CT molecular complexity index is 1350. The Labute approximate surface area is 205 Å². The van der Waals surface area contributed by atoms with E-state index in [1.54, 1.807) is 12.1 Å². The summed E-state index contributed by atoms with van der Waals surface area (Å²) in [6.45, 7) is 3.70. The van der Waals surface area contributed by atoms with Crippen LogP contribution in [0, 0.1) is 0 Å². The maximum atomic E-state index is 12.8. The number of pyridine rings is 1. The van der Waals surface area contributed by atoms with Crippen LogP contribution < -0.4 is 10.9 Å². The molecule has 0 spiro atoms. The summed E-state index contributed by atoms with van der Waals surface area (Å²) < 4.78 is 0. The molecule has 0 radical (unpaired) electrons. The topological polar surface area (TPSA) is 65.2 Å². The SMILES string of the molecule is O=C(NCc1ccccc1-c1ccc(CN2CCCC2)cc1)c1ccc(-c2ccccc2)[nH]c1=O. The summed E-state index contributed by atoms with van der Waals surface area (Å²) in [4.78, 5) is 30.7. The van der Waals surface area contributed by atoms with E-state index >= 15 is 0 Å². The minimum atomic E-state index is -0.397. The molecule has 0 atom stereocenters. The first kappa shape index (κ1) is 22.8. The van der Waals surface area contributed by atoms with Crippen molar-refractivity contribution in [1.29, 1.82) is 0 Å². The zero-order valence-corrected chi connectivity index (χ0v) is 19.7. The lowest BCUT2D eigenvalue weighted by Gasteiger charge is -2.15. The third-order valence-electron chi connectivity index (χ3n) is 6.57. The number of carbonyl (C=O) groups excluding carboxylic acids is 1. The van der Waals surface area contributed by atoms with Crippen LogP contribution in [0.4, 0.5) is 0 Å². The third kappa shape index (κ3) is 5.42. The van der Waals surface area contributed by atoms with Gasteiger partial charge in [0.25, 0.3) is 11.5 Å². The van der Waals surface area contributed by atoms with Crippen molar-refractivity contribution in [1.82, 2.24) is 15.2 Å². The van der Waals surface area contributed by atoms with Crippen LogP contribution >= 0.6 is 0 Å². The van der Waals surface area contributed by atoms with Crippen LogP contribution in [0.2, 0.25) is 0 Å². The minimum Gasteiger partial charge on any atom is -0.348 e. The lowest BCUT2D eigenvalue weighted by Crippen LogP contribution is -2.29. The van der Waals surface area contributed by atoms with Gasteiger partial charge in [-0.1, -0.05) is 78.9 Å². The molecule has 2 heterocycles. The lowest BCUT2D eigenvalue weighted by atomic mass is 9.98. The Morgan fingerprint density at radius 2 is 1.51 bits per heavy atom. The van der Waals surface area contributed by atoms with Crippen molar-refractivity contribution in [2.24, 2.45) is 0 Å². The maximum Gasteiger partial charge on any atom is 0.261 e. The number of carbonyl (C=O) groups is 1. The summed E-state index contributed by atoms with van der Waals surface area (Å²) >= 11 is 0. The van der Waals surface area contributed by atoms with Gasteiger partial charge in [-0.05, 0) is 65.9 Å². The van der Waals surface area contributed by atoms with Crippen LogP contribution in [-0.4, -0.2) is 28.9 Å². The molecule has 4 aromatic rings. The first-order valence-corrected chi connectivity index (χ1v) is 12.1. The van der Waals surface area contributed by atoms with Crippen LogP contribution in [0.5, 0.6) is 0 Å². The molecule has 1 aromatic heterocycles. The highest BCUT2D eigenvalue weighted by Gasteiger charge is 2.14. The number of aromatic nitrogens is 1. The number of hydrogen-bond donors (Lipinski definition) is 2. The standard InChI is InChI=1S/C30H29N3O2/c34-29(27-16-17-28(32-30(27)35)24-8-2-1-3-9-24)31-20-25-10-4-5-11-26(25)23-14-12-22(13-15-23)21-33-18-6-7-19-33/h1-5,8-17H,6-7,18-21H2,(H,31,34)(H,32,35). The second-order valence-electron chi connectivity index (χ2n) is 9.00. The van der Waals surface area contributed by atoms with E-state index in [9.17, 15) is 9.59 Å². The van der Waals surface area contributed by atoms with E-state index in [-0.39, 0.29) is 11.5 Å². The Morgan fingerprint density at radius 1 is 0.800 bits per heavy atom. The molecule has 0 bridgehead atoms. The second-order valence-corrected chi connectivity index (χ2v) is 9.00. The van der Waals surface area contributed by atoms with Crippen molar-refractivity contribution in [3.63, 3.8) is 0 Å². The molecule has 0 aliphatic carbocycles. The van der Waals surface area contributed by atoms with E-state index in [2.05, 4.69) is 45.5 Å². The zero-order chi connectivity index (χ0) is 24.0. The molecule has 176 valence electrons. The van der Waals surface area contributed by atoms with Gasteiger partial charge in [-0.2, -0.15) is 0 Å². The van der Waals surface area contributed by atoms with Crippen molar-refractivity contribution in [3.8, 4) is 22.4 Å². The van der Waals surface area contributed by atoms with Gasteiger partial charge in [-0.25, -0.2) is 0 Å². The van der Waals surface area contributed by atoms with E-state index in [0.717, 1.165) is 28.8 Å². The summed E-state index contributed by atoms with van der Waals surface area (Å²) in [6, 6.07) is 29.7. The van der Waals surface area contributed by atoms with E-state index in [1.165, 1.54) is 31.5 Å². The average Bonchev–Trinajstić information content (AvgIpc) is 3.41. The molecule has 5 heteroatoms. The summed E-state index contributed by atoms with van der Waals surface area (Å²) in [6.07, 6.45) is 2.58. The summed E-state index contributed by atoms with van der Waals surface area (Å²) in [7, 11) is 0. The first-order chi connectivity index (χ1) is 17.2. The summed E-state index contributed by atoms with van der Waals surface area (Å²) in [5.41, 5.74) is 5.81. The average molecular weight is 464 g/mol. The number of nitrogens with zero attached hydrogens (tertiary/aromatic N) is 1. The summed E-state index contributed by atoms with van der Waals surface area (Å²) in [5.74, 6) is -0.387. The molecule has 1 amide bonds. The number of aromatic amines is 1. The van der Waals surface area contributed by atoms with Crippen LogP contribution in [0.1, 0.15) is 34.3 Å². The van der Waals surface area contributed by atoms with Crippen LogP contribution in [0.15, 0.2) is 95.8 Å². The molecule has 35 heavy (non-hydrogen) atoms. The normalized spacial score (nSPS) is 13.6. The minimum absolute atomic E-state index is 0.105. The maximum absolute atomic E-state index is 12.8. The first-order valence-electron chi connectivity index (χ1n) is 12.1. The molecule has 5 rings (SSSR count). The van der Waals surface area contributed by atoms with Gasteiger partial charge in [0.2, 0.25) is 0 Å². The number of rotatable bonds is 7. The van der Waals surface area contributed by atoms with Crippen molar-refractivity contribution in [2.45, 2.75) is 25.9 Å². The molecule has 0 saturated carbocycles. The van der Waals surface area contributed by atoms with Crippen molar-refractivity contribution < 1.29 is 4.79 Å². The quantitative estimate of drug-likeness (QED) is 0.394. The largest absolute Gasteiger partial charge is 0.348 e. The Balaban J connectivity index is 1.28. The number of amides is 1. The predicted molar refractivity (Wildman–Crippen MR) is 140 cm³/mol. The Morgan fingerprint density at radius 3 is 2.26 bits per heavy atom. The monoisotopic (exact) mass is 463 g/mol. The van der Waals surface area contributed by atoms with E-state index < -0.39 is 5.56 Å². The van der Waals surface area contributed by atoms with Crippen molar-refractivity contribution in [3.05, 3.63) is 118 Å². The number of benzene rings is 3. The molecule has 2 N–H and O–H groups in total. The molecular formula is C30H29N3O2. The van der Waals surface area contributed by atoms with E-state index in [4.69, 9.17) is 0 Å². The predicted octanol–water partition coefficient (Wildman–Crippen LogP) is 5.23. The fourth-order valence-corrected chi connectivity index (χ4v) is 4.65. The molecule has 1 fully saturated rings. The molecule has 1 saturated heterocycles. The van der Waals surface area contributed by atoms with Gasteiger partial charge in [0.1, 0.15) is 5.56 Å². The molecule has 0 unspecified atom stereocenters. The van der Waals surface area contributed by atoms with Crippen LogP contribution in [-0.2, 0) is 13.1 Å². The fourth-order valence-electron chi connectivity index (χ4n) is 4.65. The number of hydrogen-bond acceptors (Lipinski definition) is 3. The lowest BCUT2D eigenvalue weighted by molar-refractivity contribution is 0.0949. The van der Waals surface area contributed by atoms with Gasteiger partial charge in [0.15, 0.2) is 0 Å². The number of likely N-dealkylation sites (tertiary alicyclic amines) is 1. The van der Waals surface area contributed by atoms with E-state index in [1.807, 2.05) is 48.5 Å². The Kier molecular flexibility index (Phi) is 6.87. The smallest absolute Gasteiger partial charge is 0.261 e. The molecule has 1 aliphatic heterocycles. The van der Waals surface area contributed by atoms with Gasteiger partial charge in [0, 0.05) is 18.8 Å². The third-order valence-corrected chi connectivity index (χ3v) is 6.57. The van der Waals surface area contributed by atoms with Crippen molar-refractivity contribution >= 4 is 5.91 Å². The highest BCUT2D eigenvalue weighted by Crippen LogP contribution is 2.25.